The molecule has 0 unspecified atom stereocenters. The molecule has 0 bridgehead atoms. The molecule has 1 aliphatic rings. The fourth-order valence-electron chi connectivity index (χ4n) is 2.71. The van der Waals surface area contributed by atoms with Crippen LogP contribution in [0.3, 0.4) is 0 Å². The van der Waals surface area contributed by atoms with E-state index in [1.807, 2.05) is 0 Å². The molecule has 21 heavy (non-hydrogen) atoms. The van der Waals surface area contributed by atoms with Gasteiger partial charge in [0.05, 0.1) is 11.5 Å². The lowest BCUT2D eigenvalue weighted by Crippen LogP contribution is -2.42. The van der Waals surface area contributed by atoms with E-state index >= 15 is 0 Å². The molecule has 0 aliphatic carbocycles. The summed E-state index contributed by atoms with van der Waals surface area (Å²) in [6.45, 7) is 3.52. The van der Waals surface area contributed by atoms with E-state index in [0.29, 0.717) is 6.54 Å². The number of likely N-dealkylation sites (tertiary alicyclic amines) is 1. The second-order valence-corrected chi connectivity index (χ2v) is 5.18. The Morgan fingerprint density at radius 3 is 2.24 bits per heavy atom. The van der Waals surface area contributed by atoms with Crippen molar-refractivity contribution in [2.75, 3.05) is 26.2 Å². The summed E-state index contributed by atoms with van der Waals surface area (Å²) in [6, 6.07) is 8.82. The maximum atomic E-state index is 13.0. The van der Waals surface area contributed by atoms with E-state index in [9.17, 15) is 9.65 Å². The van der Waals surface area contributed by atoms with Crippen LogP contribution in [-0.4, -0.2) is 31.1 Å². The first kappa shape index (κ1) is 20.1. The summed E-state index contributed by atoms with van der Waals surface area (Å²) in [6.07, 6.45) is 2.61. The quantitative estimate of drug-likeness (QED) is 0.921. The largest absolute Gasteiger partial charge is 0.330 e. The van der Waals surface area contributed by atoms with Crippen LogP contribution in [0.5, 0.6) is 0 Å². The summed E-state index contributed by atoms with van der Waals surface area (Å²) in [5.41, 5.74) is 6.00. The average Bonchev–Trinajstić information content (AvgIpc) is 2.46. The number of hydrogen-bond donors (Lipinski definition) is 1. The van der Waals surface area contributed by atoms with Crippen LogP contribution in [-0.2, 0) is 5.41 Å². The number of nitrogens with two attached hydrogens (primary N) is 1. The molecule has 118 valence electrons. The minimum absolute atomic E-state index is 0. The molecule has 1 fully saturated rings. The van der Waals surface area contributed by atoms with E-state index in [2.05, 4.69) is 11.0 Å². The van der Waals surface area contributed by atoms with Gasteiger partial charge in [-0.2, -0.15) is 5.26 Å². The van der Waals surface area contributed by atoms with Crippen LogP contribution in [0.25, 0.3) is 0 Å². The van der Waals surface area contributed by atoms with E-state index in [4.69, 9.17) is 5.73 Å². The van der Waals surface area contributed by atoms with E-state index in [-0.39, 0.29) is 30.6 Å². The lowest BCUT2D eigenvalue weighted by molar-refractivity contribution is 0.185. The number of hydrogen-bond acceptors (Lipinski definition) is 3. The standard InChI is InChI=1S/C15H20FN3.2ClH/c16-14-4-2-13(3-5-14)15(12-18)6-10-19(11-7-15)9-1-8-17;;/h2-5H,1,6-11,17H2;2*1H. The predicted octanol–water partition coefficient (Wildman–Crippen LogP) is 2.88. The van der Waals surface area contributed by atoms with Crippen molar-refractivity contribution in [3.63, 3.8) is 0 Å². The van der Waals surface area contributed by atoms with Crippen LogP contribution < -0.4 is 5.73 Å². The summed E-state index contributed by atoms with van der Waals surface area (Å²) in [4.78, 5) is 2.35. The summed E-state index contributed by atoms with van der Waals surface area (Å²) < 4.78 is 13.0. The highest BCUT2D eigenvalue weighted by Crippen LogP contribution is 2.34. The highest BCUT2D eigenvalue weighted by molar-refractivity contribution is 5.85. The monoisotopic (exact) mass is 333 g/mol. The van der Waals surface area contributed by atoms with Crippen LogP contribution in [0.2, 0.25) is 0 Å². The third-order valence-corrected chi connectivity index (χ3v) is 4.00. The number of rotatable bonds is 4. The highest BCUT2D eigenvalue weighted by atomic mass is 35.5. The summed E-state index contributed by atoms with van der Waals surface area (Å²) in [7, 11) is 0. The molecule has 0 aromatic heterocycles. The normalized spacial score (nSPS) is 17.2. The molecule has 1 heterocycles. The van der Waals surface area contributed by atoms with Crippen molar-refractivity contribution in [3.05, 3.63) is 35.6 Å². The smallest absolute Gasteiger partial charge is 0.123 e. The third kappa shape index (κ3) is 4.82. The molecular weight excluding hydrogens is 312 g/mol. The predicted molar refractivity (Wildman–Crippen MR) is 87.5 cm³/mol. The first-order valence-electron chi connectivity index (χ1n) is 6.80. The van der Waals surface area contributed by atoms with Crippen LogP contribution in [0.4, 0.5) is 4.39 Å². The van der Waals surface area contributed by atoms with Crippen molar-refractivity contribution in [2.24, 2.45) is 5.73 Å². The lowest BCUT2D eigenvalue weighted by atomic mass is 9.74. The fraction of sp³-hybridized carbons (Fsp3) is 0.533. The van der Waals surface area contributed by atoms with Gasteiger partial charge in [-0.15, -0.1) is 24.8 Å². The SMILES string of the molecule is Cl.Cl.N#CC1(c2ccc(F)cc2)CCN(CCCN)CC1. The van der Waals surface area contributed by atoms with Crippen LogP contribution in [0, 0.1) is 17.1 Å². The summed E-state index contributed by atoms with van der Waals surface area (Å²) in [5.74, 6) is -0.253. The molecule has 1 aromatic rings. The Kier molecular flexibility index (Phi) is 8.84. The van der Waals surface area contributed by atoms with Gasteiger partial charge in [-0.05, 0) is 63.1 Å². The van der Waals surface area contributed by atoms with Crippen molar-refractivity contribution < 1.29 is 4.39 Å². The van der Waals surface area contributed by atoms with Gasteiger partial charge in [-0.25, -0.2) is 4.39 Å². The average molecular weight is 334 g/mol. The minimum Gasteiger partial charge on any atom is -0.330 e. The van der Waals surface area contributed by atoms with Gasteiger partial charge in [0.1, 0.15) is 5.82 Å². The maximum Gasteiger partial charge on any atom is 0.123 e. The molecular formula is C15H22Cl2FN3. The van der Waals surface area contributed by atoms with Gasteiger partial charge in [-0.3, -0.25) is 0 Å². The van der Waals surface area contributed by atoms with Gasteiger partial charge in [0.25, 0.3) is 0 Å². The number of nitrogens with zero attached hydrogens (tertiary/aromatic N) is 2. The number of nitriles is 1. The molecule has 2 N–H and O–H groups in total. The number of piperidine rings is 1. The third-order valence-electron chi connectivity index (χ3n) is 4.00. The zero-order valence-corrected chi connectivity index (χ0v) is 13.6. The van der Waals surface area contributed by atoms with Gasteiger partial charge in [0.2, 0.25) is 0 Å². The van der Waals surface area contributed by atoms with Gasteiger partial charge < -0.3 is 10.6 Å². The van der Waals surface area contributed by atoms with Crippen molar-refractivity contribution in [2.45, 2.75) is 24.7 Å². The van der Waals surface area contributed by atoms with E-state index in [1.54, 1.807) is 12.1 Å². The van der Waals surface area contributed by atoms with Crippen LogP contribution in [0.1, 0.15) is 24.8 Å². The molecule has 1 aromatic carbocycles. The molecule has 0 spiro atoms. The zero-order chi connectivity index (χ0) is 13.7. The summed E-state index contributed by atoms with van der Waals surface area (Å²) in [5, 5.41) is 9.54. The Hall–Kier alpha value is -0.860. The van der Waals surface area contributed by atoms with Gasteiger partial charge in [-0.1, -0.05) is 12.1 Å². The molecule has 0 amide bonds. The first-order chi connectivity index (χ1) is 9.20. The minimum atomic E-state index is -0.451. The second kappa shape index (κ2) is 9.22. The number of halogens is 3. The van der Waals surface area contributed by atoms with Gasteiger partial charge in [0, 0.05) is 0 Å². The maximum absolute atomic E-state index is 13.0. The van der Waals surface area contributed by atoms with Crippen molar-refractivity contribution >= 4 is 24.8 Å². The Bertz CT molecular complexity index is 451. The molecule has 0 atom stereocenters. The van der Waals surface area contributed by atoms with E-state index in [1.165, 1.54) is 12.1 Å². The van der Waals surface area contributed by atoms with E-state index < -0.39 is 5.41 Å². The summed E-state index contributed by atoms with van der Waals surface area (Å²) >= 11 is 0. The molecule has 1 aliphatic heterocycles. The van der Waals surface area contributed by atoms with Gasteiger partial charge in [0.15, 0.2) is 0 Å². The van der Waals surface area contributed by atoms with Crippen molar-refractivity contribution in [1.29, 1.82) is 5.26 Å². The highest BCUT2D eigenvalue weighted by Gasteiger charge is 2.36. The number of benzene rings is 1. The molecule has 6 heteroatoms. The van der Waals surface area contributed by atoms with Gasteiger partial charge >= 0.3 is 0 Å². The Morgan fingerprint density at radius 2 is 1.76 bits per heavy atom. The first-order valence-corrected chi connectivity index (χ1v) is 6.80. The van der Waals surface area contributed by atoms with Crippen LogP contribution >= 0.6 is 24.8 Å². The van der Waals surface area contributed by atoms with Crippen molar-refractivity contribution in [1.82, 2.24) is 4.90 Å². The van der Waals surface area contributed by atoms with E-state index in [0.717, 1.165) is 44.5 Å². The topological polar surface area (TPSA) is 53.0 Å². The zero-order valence-electron chi connectivity index (χ0n) is 11.9. The molecule has 2 rings (SSSR count). The Balaban J connectivity index is 0.00000200. The Labute approximate surface area is 138 Å². The lowest BCUT2D eigenvalue weighted by Gasteiger charge is -2.37. The fourth-order valence-corrected chi connectivity index (χ4v) is 2.71. The molecule has 3 nitrogen and oxygen atoms in total. The molecule has 0 saturated carbocycles. The second-order valence-electron chi connectivity index (χ2n) is 5.18. The molecule has 1 saturated heterocycles. The molecule has 0 radical (unpaired) electrons. The van der Waals surface area contributed by atoms with Crippen molar-refractivity contribution in [3.8, 4) is 6.07 Å². The Morgan fingerprint density at radius 1 is 1.19 bits per heavy atom. The van der Waals surface area contributed by atoms with Crippen LogP contribution in [0.15, 0.2) is 24.3 Å².